The van der Waals surface area contributed by atoms with Gasteiger partial charge in [-0.15, -0.1) is 5.10 Å². The normalized spacial score (nSPS) is 21.7. The zero-order valence-corrected chi connectivity index (χ0v) is 19.3. The Hall–Kier alpha value is -4.25. The second kappa shape index (κ2) is 7.62. The number of benzene rings is 1. The van der Waals surface area contributed by atoms with E-state index in [4.69, 9.17) is 22.3 Å². The third kappa shape index (κ3) is 3.19. The van der Waals surface area contributed by atoms with Crippen molar-refractivity contribution in [3.63, 3.8) is 0 Å². The number of allylic oxidation sites excluding steroid dienone is 1. The fourth-order valence-electron chi connectivity index (χ4n) is 5.30. The minimum Gasteiger partial charge on any atom is -0.384 e. The van der Waals surface area contributed by atoms with E-state index in [1.165, 1.54) is 17.1 Å². The first-order valence-corrected chi connectivity index (χ1v) is 11.7. The Bertz CT molecular complexity index is 1680. The third-order valence-corrected chi connectivity index (χ3v) is 7.22. The van der Waals surface area contributed by atoms with Crippen LogP contribution in [0.4, 0.5) is 10.2 Å². The van der Waals surface area contributed by atoms with Crippen LogP contribution in [-0.4, -0.2) is 40.5 Å². The van der Waals surface area contributed by atoms with Crippen LogP contribution in [0.5, 0.6) is 0 Å². The van der Waals surface area contributed by atoms with Crippen molar-refractivity contribution in [2.75, 3.05) is 5.73 Å². The lowest BCUT2D eigenvalue weighted by Crippen LogP contribution is -2.30. The highest BCUT2D eigenvalue weighted by molar-refractivity contribution is 6.31. The average molecular weight is 502 g/mol. The molecule has 2 N–H and O–H groups in total. The van der Waals surface area contributed by atoms with Gasteiger partial charge < -0.3 is 5.73 Å². The molecular formula is C24H17ClFN9O. The Balaban J connectivity index is 1.25. The molecule has 0 amide bonds. The maximum Gasteiger partial charge on any atom is 0.254 e. The van der Waals surface area contributed by atoms with E-state index in [0.717, 1.165) is 18.0 Å². The highest BCUT2D eigenvalue weighted by Gasteiger charge is 2.55. The van der Waals surface area contributed by atoms with Gasteiger partial charge in [-0.3, -0.25) is 14.4 Å². The van der Waals surface area contributed by atoms with Gasteiger partial charge in [0.15, 0.2) is 0 Å². The lowest BCUT2D eigenvalue weighted by Gasteiger charge is -2.19. The van der Waals surface area contributed by atoms with Crippen molar-refractivity contribution in [1.82, 2.24) is 34.7 Å². The predicted molar refractivity (Wildman–Crippen MR) is 130 cm³/mol. The van der Waals surface area contributed by atoms with Gasteiger partial charge in [0.1, 0.15) is 18.0 Å². The van der Waals surface area contributed by atoms with Gasteiger partial charge in [0, 0.05) is 46.5 Å². The summed E-state index contributed by atoms with van der Waals surface area (Å²) in [6.45, 7) is 0. The molecule has 3 aromatic heterocycles. The number of anilines is 1. The molecule has 0 radical (unpaired) electrons. The van der Waals surface area contributed by atoms with Gasteiger partial charge >= 0.3 is 0 Å². The molecular weight excluding hydrogens is 485 g/mol. The third-order valence-electron chi connectivity index (χ3n) is 6.98. The smallest absolute Gasteiger partial charge is 0.254 e. The molecule has 2 aliphatic heterocycles. The van der Waals surface area contributed by atoms with E-state index >= 15 is 0 Å². The van der Waals surface area contributed by atoms with E-state index in [1.807, 2.05) is 0 Å². The molecule has 1 fully saturated rings. The molecule has 0 unspecified atom stereocenters. The number of hydrogen-bond acceptors (Lipinski definition) is 8. The SMILES string of the molecule is Nc1ccc(C2=CN=C([C@@H]3[C@H]4C[C@H]4c4nc(-c5cc(Cl)ccc5-n5cnnn5)cc(=O)n43)C2)c(F)n1. The summed E-state index contributed by atoms with van der Waals surface area (Å²) in [5.74, 6) is 0.626. The molecule has 178 valence electrons. The summed E-state index contributed by atoms with van der Waals surface area (Å²) < 4.78 is 17.6. The van der Waals surface area contributed by atoms with Crippen molar-refractivity contribution in [2.24, 2.45) is 10.9 Å². The fourth-order valence-corrected chi connectivity index (χ4v) is 5.47. The van der Waals surface area contributed by atoms with Gasteiger partial charge in [0.2, 0.25) is 5.95 Å². The van der Waals surface area contributed by atoms with Gasteiger partial charge in [-0.1, -0.05) is 11.6 Å². The molecule has 4 aromatic rings. The Morgan fingerprint density at radius 1 is 1.11 bits per heavy atom. The largest absolute Gasteiger partial charge is 0.384 e. The average Bonchev–Trinajstić information content (AvgIpc) is 3.20. The van der Waals surface area contributed by atoms with Gasteiger partial charge in [-0.05, 0) is 58.7 Å². The highest BCUT2D eigenvalue weighted by Crippen LogP contribution is 2.59. The van der Waals surface area contributed by atoms with Crippen LogP contribution >= 0.6 is 11.6 Å². The number of rotatable bonds is 4. The lowest BCUT2D eigenvalue weighted by atomic mass is 9.98. The number of nitrogens with zero attached hydrogens (tertiary/aromatic N) is 8. The number of tetrazole rings is 1. The van der Waals surface area contributed by atoms with E-state index in [0.29, 0.717) is 39.5 Å². The number of fused-ring (bicyclic) bond motifs is 3. The summed E-state index contributed by atoms with van der Waals surface area (Å²) in [6.07, 6.45) is 4.48. The number of aliphatic imine (C=N–C) groups is 1. The fraction of sp³-hybridized carbons (Fsp3) is 0.208. The van der Waals surface area contributed by atoms with E-state index in [-0.39, 0.29) is 29.3 Å². The van der Waals surface area contributed by atoms with Crippen molar-refractivity contribution < 1.29 is 4.39 Å². The summed E-state index contributed by atoms with van der Waals surface area (Å²) in [7, 11) is 0. The molecule has 10 nitrogen and oxygen atoms in total. The van der Waals surface area contributed by atoms with E-state index in [1.54, 1.807) is 41.1 Å². The Labute approximate surface area is 208 Å². The molecule has 12 heteroatoms. The van der Waals surface area contributed by atoms with Crippen LogP contribution in [0.2, 0.25) is 5.02 Å². The lowest BCUT2D eigenvalue weighted by molar-refractivity contribution is 0.575. The second-order valence-electron chi connectivity index (χ2n) is 9.10. The molecule has 3 aliphatic rings. The standard InChI is InChI=1S/C24H17ClFN9O/c25-12-1-3-19(34-10-29-32-33-34)16(6-12)17-8-21(36)35-22(14-7-15(14)24(35)30-17)18-5-11(9-28-18)13-2-4-20(27)31-23(13)26/h1-4,6,8-10,14-15,22H,5,7H2,(H2,27,31)/t14-,15+,22-/m0/s1. The van der Waals surface area contributed by atoms with Gasteiger partial charge in [-0.25, -0.2) is 9.97 Å². The molecule has 7 rings (SSSR count). The zero-order valence-electron chi connectivity index (χ0n) is 18.6. The van der Waals surface area contributed by atoms with E-state index in [2.05, 4.69) is 25.5 Å². The Kier molecular flexibility index (Phi) is 4.46. The minimum atomic E-state index is -0.628. The maximum atomic E-state index is 14.4. The summed E-state index contributed by atoms with van der Waals surface area (Å²) in [5.41, 5.74) is 9.13. The van der Waals surface area contributed by atoms with Crippen molar-refractivity contribution in [3.8, 4) is 16.9 Å². The van der Waals surface area contributed by atoms with Crippen molar-refractivity contribution in [3.05, 3.63) is 81.6 Å². The Morgan fingerprint density at radius 3 is 2.81 bits per heavy atom. The number of nitrogens with two attached hydrogens (primary N) is 1. The van der Waals surface area contributed by atoms with Crippen molar-refractivity contribution in [1.29, 1.82) is 0 Å². The zero-order chi connectivity index (χ0) is 24.6. The van der Waals surface area contributed by atoms with Crippen LogP contribution in [0.1, 0.15) is 36.2 Å². The van der Waals surface area contributed by atoms with Crippen molar-refractivity contribution in [2.45, 2.75) is 24.8 Å². The second-order valence-corrected chi connectivity index (χ2v) is 9.54. The van der Waals surface area contributed by atoms with Crippen LogP contribution in [0.3, 0.4) is 0 Å². The summed E-state index contributed by atoms with van der Waals surface area (Å²) >= 11 is 6.28. The molecule has 0 saturated heterocycles. The number of halogens is 2. The first kappa shape index (κ1) is 21.1. The summed E-state index contributed by atoms with van der Waals surface area (Å²) in [5, 5.41) is 11.9. The molecule has 1 saturated carbocycles. The molecule has 0 bridgehead atoms. The van der Waals surface area contributed by atoms with Crippen LogP contribution in [0.15, 0.2) is 58.7 Å². The number of aromatic nitrogens is 7. The molecule has 36 heavy (non-hydrogen) atoms. The summed E-state index contributed by atoms with van der Waals surface area (Å²) in [4.78, 5) is 26.7. The number of hydrogen-bond donors (Lipinski definition) is 1. The van der Waals surface area contributed by atoms with Crippen LogP contribution < -0.4 is 11.3 Å². The first-order valence-electron chi connectivity index (χ1n) is 11.3. The van der Waals surface area contributed by atoms with Gasteiger partial charge in [0.05, 0.1) is 17.4 Å². The van der Waals surface area contributed by atoms with Gasteiger partial charge in [0.25, 0.3) is 5.56 Å². The monoisotopic (exact) mass is 501 g/mol. The maximum absolute atomic E-state index is 14.4. The summed E-state index contributed by atoms with van der Waals surface area (Å²) in [6, 6.07) is 9.74. The van der Waals surface area contributed by atoms with Crippen LogP contribution in [0, 0.1) is 11.9 Å². The van der Waals surface area contributed by atoms with E-state index < -0.39 is 5.95 Å². The molecule has 3 atom stereocenters. The van der Waals surface area contributed by atoms with Gasteiger partial charge in [-0.2, -0.15) is 9.07 Å². The van der Waals surface area contributed by atoms with E-state index in [9.17, 15) is 9.18 Å². The molecule has 1 aliphatic carbocycles. The van der Waals surface area contributed by atoms with Crippen LogP contribution in [0.25, 0.3) is 22.5 Å². The quantitative estimate of drug-likeness (QED) is 0.425. The molecule has 5 heterocycles. The topological polar surface area (TPSA) is 130 Å². The van der Waals surface area contributed by atoms with Crippen LogP contribution in [-0.2, 0) is 0 Å². The predicted octanol–water partition coefficient (Wildman–Crippen LogP) is 3.20. The Morgan fingerprint density at radius 2 is 2.00 bits per heavy atom. The number of pyridine rings is 1. The minimum absolute atomic E-state index is 0.123. The highest BCUT2D eigenvalue weighted by atomic mass is 35.5. The number of nitrogen functional groups attached to an aromatic ring is 1. The van der Waals surface area contributed by atoms with Crippen molar-refractivity contribution >= 4 is 28.7 Å². The molecule has 0 spiro atoms. The first-order chi connectivity index (χ1) is 17.5. The molecule has 1 aromatic carbocycles.